The first-order valence-electron chi connectivity index (χ1n) is 4.56. The number of aliphatic hydroxyl groups is 1. The summed E-state index contributed by atoms with van der Waals surface area (Å²) >= 11 is 0. The minimum Gasteiger partial charge on any atom is -0.467 e. The van der Waals surface area contributed by atoms with E-state index in [-0.39, 0.29) is 12.5 Å². The first kappa shape index (κ1) is 11.0. The van der Waals surface area contributed by atoms with Crippen LogP contribution < -0.4 is 0 Å². The molecular weight excluding hydrogens is 186 g/mol. The summed E-state index contributed by atoms with van der Waals surface area (Å²) in [7, 11) is 1.21. The lowest BCUT2D eigenvalue weighted by Gasteiger charge is -2.26. The monoisotopic (exact) mass is 201 g/mol. The third-order valence-corrected chi connectivity index (χ3v) is 2.30. The van der Waals surface area contributed by atoms with E-state index in [1.165, 1.54) is 18.9 Å². The number of carbonyl (C=O) groups is 2. The van der Waals surface area contributed by atoms with Gasteiger partial charge in [-0.2, -0.15) is 0 Å². The van der Waals surface area contributed by atoms with Gasteiger partial charge in [0.25, 0.3) is 0 Å². The van der Waals surface area contributed by atoms with E-state index in [1.54, 1.807) is 0 Å². The lowest BCUT2D eigenvalue weighted by molar-refractivity contribution is -0.163. The molecule has 0 saturated carbocycles. The molecule has 1 fully saturated rings. The molecule has 0 bridgehead atoms. The van der Waals surface area contributed by atoms with Crippen molar-refractivity contribution in [1.29, 1.82) is 0 Å². The topological polar surface area (TPSA) is 66.8 Å². The largest absolute Gasteiger partial charge is 0.467 e. The van der Waals surface area contributed by atoms with Crippen molar-refractivity contribution in [3.05, 3.63) is 0 Å². The molecule has 1 rings (SSSR count). The lowest BCUT2D eigenvalue weighted by Crippen LogP contribution is -2.47. The normalized spacial score (nSPS) is 20.8. The van der Waals surface area contributed by atoms with Crippen molar-refractivity contribution in [2.24, 2.45) is 0 Å². The van der Waals surface area contributed by atoms with Gasteiger partial charge in [-0.25, -0.2) is 4.79 Å². The number of methoxy groups -OCH3 is 1. The zero-order chi connectivity index (χ0) is 10.8. The van der Waals surface area contributed by atoms with E-state index in [0.29, 0.717) is 13.0 Å². The fourth-order valence-electron chi connectivity index (χ4n) is 1.53. The molecule has 1 aliphatic rings. The molecule has 5 nitrogen and oxygen atoms in total. The second-order valence-electron chi connectivity index (χ2n) is 3.68. The van der Waals surface area contributed by atoms with Crippen LogP contribution in [0.25, 0.3) is 0 Å². The van der Waals surface area contributed by atoms with E-state index in [9.17, 15) is 14.7 Å². The molecule has 0 aromatic heterocycles. The molecule has 0 spiro atoms. The van der Waals surface area contributed by atoms with E-state index in [1.807, 2.05) is 0 Å². The Hall–Kier alpha value is -1.10. The first-order chi connectivity index (χ1) is 6.47. The van der Waals surface area contributed by atoms with Gasteiger partial charge < -0.3 is 14.7 Å². The van der Waals surface area contributed by atoms with Gasteiger partial charge in [-0.1, -0.05) is 0 Å². The SMILES string of the molecule is COC(=O)C(C)(O)CN1CCCC1=O. The van der Waals surface area contributed by atoms with Crippen LogP contribution in [0.5, 0.6) is 0 Å². The van der Waals surface area contributed by atoms with Crippen molar-refractivity contribution in [1.82, 2.24) is 4.90 Å². The molecule has 14 heavy (non-hydrogen) atoms. The Bertz CT molecular complexity index is 249. The molecule has 1 saturated heterocycles. The van der Waals surface area contributed by atoms with Crippen molar-refractivity contribution in [2.45, 2.75) is 25.4 Å². The minimum absolute atomic E-state index is 0.0124. The molecule has 1 aliphatic heterocycles. The molecule has 0 aromatic carbocycles. The number of esters is 1. The molecule has 0 aliphatic carbocycles. The summed E-state index contributed by atoms with van der Waals surface area (Å²) in [5.41, 5.74) is -1.60. The Morgan fingerprint density at radius 1 is 1.71 bits per heavy atom. The van der Waals surface area contributed by atoms with Gasteiger partial charge in [-0.3, -0.25) is 4.79 Å². The zero-order valence-electron chi connectivity index (χ0n) is 8.45. The van der Waals surface area contributed by atoms with Crippen LogP contribution in [-0.2, 0) is 14.3 Å². The number of hydrogen-bond acceptors (Lipinski definition) is 4. The quantitative estimate of drug-likeness (QED) is 0.627. The number of ether oxygens (including phenoxy) is 1. The third-order valence-electron chi connectivity index (χ3n) is 2.30. The predicted octanol–water partition coefficient (Wildman–Crippen LogP) is -0.467. The highest BCUT2D eigenvalue weighted by atomic mass is 16.5. The van der Waals surface area contributed by atoms with Gasteiger partial charge in [-0.05, 0) is 13.3 Å². The van der Waals surface area contributed by atoms with E-state index < -0.39 is 11.6 Å². The van der Waals surface area contributed by atoms with Crippen molar-refractivity contribution in [2.75, 3.05) is 20.2 Å². The Morgan fingerprint density at radius 2 is 2.36 bits per heavy atom. The first-order valence-corrected chi connectivity index (χ1v) is 4.56. The van der Waals surface area contributed by atoms with E-state index in [0.717, 1.165) is 6.42 Å². The van der Waals surface area contributed by atoms with E-state index in [4.69, 9.17) is 0 Å². The molecule has 80 valence electrons. The second-order valence-corrected chi connectivity index (χ2v) is 3.68. The van der Waals surface area contributed by atoms with Gasteiger partial charge in [0, 0.05) is 13.0 Å². The molecule has 0 radical (unpaired) electrons. The molecule has 5 heteroatoms. The van der Waals surface area contributed by atoms with Crippen LogP contribution in [0.4, 0.5) is 0 Å². The Morgan fingerprint density at radius 3 is 2.79 bits per heavy atom. The summed E-state index contributed by atoms with van der Waals surface area (Å²) in [6.07, 6.45) is 1.29. The van der Waals surface area contributed by atoms with E-state index >= 15 is 0 Å². The molecule has 1 amide bonds. The molecule has 0 aromatic rings. The number of amides is 1. The van der Waals surface area contributed by atoms with Crippen molar-refractivity contribution in [3.63, 3.8) is 0 Å². The summed E-state index contributed by atoms with van der Waals surface area (Å²) in [4.78, 5) is 23.8. The van der Waals surface area contributed by atoms with Crippen molar-refractivity contribution in [3.8, 4) is 0 Å². The average molecular weight is 201 g/mol. The molecule has 1 N–H and O–H groups in total. The number of nitrogens with zero attached hydrogens (tertiary/aromatic N) is 1. The van der Waals surface area contributed by atoms with Crippen LogP contribution in [0.3, 0.4) is 0 Å². The standard InChI is InChI=1S/C9H15NO4/c1-9(13,8(12)14-2)6-10-5-3-4-7(10)11/h13H,3-6H2,1-2H3. The maximum Gasteiger partial charge on any atom is 0.339 e. The van der Waals surface area contributed by atoms with Crippen LogP contribution in [0.15, 0.2) is 0 Å². The molecule has 1 heterocycles. The predicted molar refractivity (Wildman–Crippen MR) is 48.5 cm³/mol. The Balaban J connectivity index is 2.58. The number of rotatable bonds is 3. The van der Waals surface area contributed by atoms with Crippen LogP contribution in [0.2, 0.25) is 0 Å². The Labute approximate surface area is 82.6 Å². The third kappa shape index (κ3) is 2.23. The number of likely N-dealkylation sites (tertiary alicyclic amines) is 1. The highest BCUT2D eigenvalue weighted by Crippen LogP contribution is 2.15. The van der Waals surface area contributed by atoms with Gasteiger partial charge >= 0.3 is 5.97 Å². The molecule has 1 atom stereocenters. The summed E-state index contributed by atoms with van der Waals surface area (Å²) in [5.74, 6) is -0.730. The van der Waals surface area contributed by atoms with Gasteiger partial charge in [0.15, 0.2) is 5.60 Å². The highest BCUT2D eigenvalue weighted by molar-refractivity contribution is 5.82. The maximum absolute atomic E-state index is 11.2. The fourth-order valence-corrected chi connectivity index (χ4v) is 1.53. The summed E-state index contributed by atoms with van der Waals surface area (Å²) in [5, 5.41) is 9.69. The smallest absolute Gasteiger partial charge is 0.339 e. The van der Waals surface area contributed by atoms with Gasteiger partial charge in [-0.15, -0.1) is 0 Å². The number of carbonyl (C=O) groups excluding carboxylic acids is 2. The summed E-state index contributed by atoms with van der Waals surface area (Å²) in [6, 6.07) is 0. The van der Waals surface area contributed by atoms with Crippen LogP contribution in [0.1, 0.15) is 19.8 Å². The van der Waals surface area contributed by atoms with Crippen molar-refractivity contribution >= 4 is 11.9 Å². The summed E-state index contributed by atoms with van der Waals surface area (Å²) in [6.45, 7) is 1.97. The second kappa shape index (κ2) is 3.96. The fraction of sp³-hybridized carbons (Fsp3) is 0.778. The van der Waals surface area contributed by atoms with Crippen LogP contribution in [-0.4, -0.2) is 47.7 Å². The maximum atomic E-state index is 11.2. The Kier molecular flexibility index (Phi) is 3.10. The van der Waals surface area contributed by atoms with Crippen LogP contribution >= 0.6 is 0 Å². The van der Waals surface area contributed by atoms with Crippen molar-refractivity contribution < 1.29 is 19.4 Å². The van der Waals surface area contributed by atoms with Gasteiger partial charge in [0.05, 0.1) is 13.7 Å². The van der Waals surface area contributed by atoms with E-state index in [2.05, 4.69) is 4.74 Å². The number of β-amino-alcohol motifs (C(OH)–C–C–N with tert-alkyl or cyclic N) is 1. The minimum atomic E-state index is -1.60. The lowest BCUT2D eigenvalue weighted by atomic mass is 10.1. The zero-order valence-corrected chi connectivity index (χ0v) is 8.45. The van der Waals surface area contributed by atoms with Gasteiger partial charge in [0.2, 0.25) is 5.91 Å². The molecule has 1 unspecified atom stereocenters. The van der Waals surface area contributed by atoms with Crippen LogP contribution in [0, 0.1) is 0 Å². The average Bonchev–Trinajstić information content (AvgIpc) is 2.50. The number of hydrogen-bond donors (Lipinski definition) is 1. The highest BCUT2D eigenvalue weighted by Gasteiger charge is 2.36. The van der Waals surface area contributed by atoms with Gasteiger partial charge in [0.1, 0.15) is 0 Å². The molecular formula is C9H15NO4. The summed E-state index contributed by atoms with van der Waals surface area (Å²) < 4.78 is 4.43.